The van der Waals surface area contributed by atoms with E-state index >= 15 is 0 Å². The molecule has 0 aromatic carbocycles. The number of allylic oxidation sites excluding steroid dienone is 3. The van der Waals surface area contributed by atoms with Crippen molar-refractivity contribution >= 4 is 25.0 Å². The molecule has 0 bridgehead atoms. The van der Waals surface area contributed by atoms with Crippen molar-refractivity contribution in [3.05, 3.63) is 34.9 Å². The third-order valence-corrected chi connectivity index (χ3v) is 28.3. The van der Waals surface area contributed by atoms with Crippen molar-refractivity contribution in [2.75, 3.05) is 6.61 Å². The van der Waals surface area contributed by atoms with E-state index in [0.717, 1.165) is 43.6 Å². The van der Waals surface area contributed by atoms with Crippen LogP contribution in [0.2, 0.25) is 54.4 Å². The summed E-state index contributed by atoms with van der Waals surface area (Å²) in [6, 6.07) is 0. The van der Waals surface area contributed by atoms with Crippen molar-refractivity contribution in [2.45, 2.75) is 207 Å². The molecule has 3 aliphatic carbocycles. The van der Waals surface area contributed by atoms with Crippen LogP contribution in [0.15, 0.2) is 34.9 Å². The first-order valence-electron chi connectivity index (χ1n) is 20.2. The van der Waals surface area contributed by atoms with E-state index in [9.17, 15) is 0 Å². The molecule has 0 heterocycles. The lowest BCUT2D eigenvalue weighted by Crippen LogP contribution is -2.50. The van der Waals surface area contributed by atoms with Gasteiger partial charge < -0.3 is 13.3 Å². The first-order chi connectivity index (χ1) is 22.2. The Morgan fingerprint density at radius 1 is 0.776 bits per heavy atom. The smallest absolute Gasteiger partial charge is 0.192 e. The molecular formula is C43H82O3Si3. The SMILES string of the molecule is CC[C@H](C)C1CCC2/C(=C/C=C3C[C@H](O[Si](C)(C)C(C)(C)C)C(=CCCO[Si](C)(C)C(C)(C)C)[C@H](O[Si](C)(C)C(C)(C)C)C3)CCC[C@@]21C. The highest BCUT2D eigenvalue weighted by Gasteiger charge is 2.50. The van der Waals surface area contributed by atoms with Gasteiger partial charge in [0, 0.05) is 6.61 Å². The Hall–Kier alpha value is -0.249. The molecule has 0 amide bonds. The molecule has 49 heavy (non-hydrogen) atoms. The molecule has 2 unspecified atom stereocenters. The topological polar surface area (TPSA) is 27.7 Å². The zero-order chi connectivity index (χ0) is 37.4. The minimum atomic E-state index is -2.05. The van der Waals surface area contributed by atoms with Gasteiger partial charge >= 0.3 is 0 Å². The van der Waals surface area contributed by atoms with Crippen LogP contribution >= 0.6 is 0 Å². The van der Waals surface area contributed by atoms with Crippen LogP contribution in [0.1, 0.15) is 141 Å². The second kappa shape index (κ2) is 15.6. The molecule has 0 radical (unpaired) electrons. The Balaban J connectivity index is 2.03. The van der Waals surface area contributed by atoms with Crippen molar-refractivity contribution < 1.29 is 13.3 Å². The third kappa shape index (κ3) is 10.0. The molecule has 0 aliphatic heterocycles. The van der Waals surface area contributed by atoms with E-state index in [4.69, 9.17) is 13.3 Å². The third-order valence-electron chi connectivity index (χ3n) is 14.8. The van der Waals surface area contributed by atoms with Crippen LogP contribution in [0.3, 0.4) is 0 Å². The molecule has 0 saturated heterocycles. The minimum Gasteiger partial charge on any atom is -0.417 e. The van der Waals surface area contributed by atoms with Crippen molar-refractivity contribution in [2.24, 2.45) is 23.2 Å². The maximum Gasteiger partial charge on any atom is 0.192 e. The molecule has 0 aromatic heterocycles. The predicted molar refractivity (Wildman–Crippen MR) is 223 cm³/mol. The Kier molecular flexibility index (Phi) is 13.8. The lowest BCUT2D eigenvalue weighted by molar-refractivity contribution is 0.0961. The summed E-state index contributed by atoms with van der Waals surface area (Å²) in [4.78, 5) is 0. The summed E-state index contributed by atoms with van der Waals surface area (Å²) in [6.07, 6.45) is 18.7. The Bertz CT molecular complexity index is 1160. The summed E-state index contributed by atoms with van der Waals surface area (Å²) in [5, 5.41) is 0.498. The number of hydrogen-bond donors (Lipinski definition) is 0. The maximum absolute atomic E-state index is 7.41. The maximum atomic E-state index is 7.41. The molecule has 6 atom stereocenters. The summed E-state index contributed by atoms with van der Waals surface area (Å²) in [5.74, 6) is 2.44. The van der Waals surface area contributed by atoms with Crippen LogP contribution in [0.25, 0.3) is 0 Å². The minimum absolute atomic E-state index is 0.0554. The van der Waals surface area contributed by atoms with Crippen LogP contribution in [0.5, 0.6) is 0 Å². The lowest BCUT2D eigenvalue weighted by Gasteiger charge is -2.46. The first-order valence-corrected chi connectivity index (χ1v) is 29.0. The van der Waals surface area contributed by atoms with Gasteiger partial charge in [-0.25, -0.2) is 0 Å². The monoisotopic (exact) mass is 731 g/mol. The summed E-state index contributed by atoms with van der Waals surface area (Å²) >= 11 is 0. The van der Waals surface area contributed by atoms with Crippen molar-refractivity contribution in [3.63, 3.8) is 0 Å². The highest BCUT2D eigenvalue weighted by molar-refractivity contribution is 6.75. The summed E-state index contributed by atoms with van der Waals surface area (Å²) in [5.41, 5.74) is 5.09. The second-order valence-corrected chi connectivity index (χ2v) is 35.6. The predicted octanol–water partition coefficient (Wildman–Crippen LogP) is 14.0. The Morgan fingerprint density at radius 3 is 1.76 bits per heavy atom. The van der Waals surface area contributed by atoms with E-state index in [-0.39, 0.29) is 27.3 Å². The van der Waals surface area contributed by atoms with Crippen LogP contribution < -0.4 is 0 Å². The van der Waals surface area contributed by atoms with Gasteiger partial charge in [-0.2, -0.15) is 0 Å². The van der Waals surface area contributed by atoms with Crippen LogP contribution in [-0.2, 0) is 13.3 Å². The molecular weight excluding hydrogens is 649 g/mol. The van der Waals surface area contributed by atoms with Gasteiger partial charge in [0.05, 0.1) is 12.2 Å². The summed E-state index contributed by atoms with van der Waals surface area (Å²) in [7, 11) is -5.91. The average molecular weight is 731 g/mol. The van der Waals surface area contributed by atoms with E-state index < -0.39 is 25.0 Å². The molecule has 3 saturated carbocycles. The normalized spacial score (nSPS) is 31.1. The molecule has 3 fully saturated rings. The molecule has 0 N–H and O–H groups in total. The highest BCUT2D eigenvalue weighted by Crippen LogP contribution is 2.60. The van der Waals surface area contributed by atoms with Crippen molar-refractivity contribution in [3.8, 4) is 0 Å². The Labute approximate surface area is 309 Å². The van der Waals surface area contributed by atoms with Gasteiger partial charge in [-0.05, 0) is 135 Å². The summed E-state index contributed by atoms with van der Waals surface area (Å²) in [6.45, 7) is 44.0. The van der Waals surface area contributed by atoms with Gasteiger partial charge in [0.2, 0.25) is 0 Å². The van der Waals surface area contributed by atoms with Crippen LogP contribution in [0.4, 0.5) is 0 Å². The lowest BCUT2D eigenvalue weighted by atomic mass is 9.61. The zero-order valence-electron chi connectivity index (χ0n) is 35.9. The van der Waals surface area contributed by atoms with Crippen LogP contribution in [-0.4, -0.2) is 43.8 Å². The fourth-order valence-corrected chi connectivity index (χ4v) is 11.8. The van der Waals surface area contributed by atoms with Gasteiger partial charge in [0.1, 0.15) is 0 Å². The first kappa shape index (κ1) is 43.2. The molecule has 284 valence electrons. The molecule has 3 aliphatic rings. The average Bonchev–Trinajstić information content (AvgIpc) is 3.30. The number of rotatable bonds is 11. The van der Waals surface area contributed by atoms with E-state index in [2.05, 4.69) is 141 Å². The number of hydrogen-bond acceptors (Lipinski definition) is 3. The zero-order valence-corrected chi connectivity index (χ0v) is 38.9. The number of fused-ring (bicyclic) bond motifs is 1. The van der Waals surface area contributed by atoms with Gasteiger partial charge in [-0.1, -0.05) is 119 Å². The van der Waals surface area contributed by atoms with Crippen LogP contribution in [0, 0.1) is 23.2 Å². The van der Waals surface area contributed by atoms with Gasteiger partial charge in [-0.15, -0.1) is 0 Å². The molecule has 6 heteroatoms. The molecule has 0 aromatic rings. The molecule has 3 nitrogen and oxygen atoms in total. The van der Waals surface area contributed by atoms with Crippen molar-refractivity contribution in [1.29, 1.82) is 0 Å². The second-order valence-electron chi connectivity index (χ2n) is 21.3. The van der Waals surface area contributed by atoms with Crippen molar-refractivity contribution in [1.82, 2.24) is 0 Å². The van der Waals surface area contributed by atoms with Gasteiger partial charge in [0.25, 0.3) is 0 Å². The quantitative estimate of drug-likeness (QED) is 0.120. The largest absolute Gasteiger partial charge is 0.417 e. The van der Waals surface area contributed by atoms with E-state index in [0.29, 0.717) is 5.41 Å². The van der Waals surface area contributed by atoms with E-state index in [1.165, 1.54) is 49.7 Å². The molecule has 3 rings (SSSR count). The Morgan fingerprint density at radius 2 is 1.29 bits per heavy atom. The van der Waals surface area contributed by atoms with E-state index in [1.807, 2.05) is 0 Å². The summed E-state index contributed by atoms with van der Waals surface area (Å²) < 4.78 is 21.5. The van der Waals surface area contributed by atoms with E-state index in [1.54, 1.807) is 5.57 Å². The highest BCUT2D eigenvalue weighted by atomic mass is 28.4. The van der Waals surface area contributed by atoms with Gasteiger partial charge in [0.15, 0.2) is 25.0 Å². The standard InChI is InChI=1S/C43H82O3Si3/c1-19-32(2)36-26-27-37-34(22-20-28-43(36,37)12)25-24-33-30-38(45-48(15,16)41(6,7)8)35(23-21-29-44-47(13,14)40(3,4)5)39(31-33)46-49(17,18)42(9,10)11/h23-25,32,36-39H,19-22,26-31H2,1-18H3/b33-24?,34-25+,35-23?/t32-,36?,37?,38-,39+,43+/m0/s1. The van der Waals surface area contributed by atoms with Gasteiger partial charge in [-0.3, -0.25) is 0 Å². The molecule has 0 spiro atoms. The fraction of sp³-hybridized carbons (Fsp3) is 0.860. The fourth-order valence-electron chi connectivity index (χ4n) is 8.17.